The molecule has 0 aliphatic carbocycles. The number of para-hydroxylation sites is 1. The van der Waals surface area contributed by atoms with Gasteiger partial charge in [0, 0.05) is 25.7 Å². The molecule has 1 fully saturated rings. The molecular formula is C13H19N3O2S. The van der Waals surface area contributed by atoms with Gasteiger partial charge in [-0.05, 0) is 30.9 Å². The van der Waals surface area contributed by atoms with Gasteiger partial charge >= 0.3 is 10.2 Å². The molecule has 0 radical (unpaired) electrons. The molecule has 1 unspecified atom stereocenters. The lowest BCUT2D eigenvalue weighted by Gasteiger charge is -2.35. The molecule has 2 N–H and O–H groups in total. The predicted molar refractivity (Wildman–Crippen MR) is 75.1 cm³/mol. The fourth-order valence-electron chi connectivity index (χ4n) is 2.86. The molecule has 1 atom stereocenters. The van der Waals surface area contributed by atoms with Gasteiger partial charge in [0.25, 0.3) is 0 Å². The first-order valence-electron chi connectivity index (χ1n) is 6.73. The van der Waals surface area contributed by atoms with Crippen molar-refractivity contribution in [2.24, 2.45) is 5.73 Å². The van der Waals surface area contributed by atoms with E-state index in [1.165, 1.54) is 4.31 Å². The summed E-state index contributed by atoms with van der Waals surface area (Å²) in [4.78, 5) is 0. The van der Waals surface area contributed by atoms with Gasteiger partial charge < -0.3 is 5.73 Å². The molecule has 1 aromatic carbocycles. The van der Waals surface area contributed by atoms with Gasteiger partial charge in [0.1, 0.15) is 0 Å². The lowest BCUT2D eigenvalue weighted by molar-refractivity contribution is 0.468. The number of fused-ring (bicyclic) bond motifs is 1. The smallest absolute Gasteiger partial charge is 0.304 e. The van der Waals surface area contributed by atoms with Crippen molar-refractivity contribution in [3.05, 3.63) is 29.8 Å². The van der Waals surface area contributed by atoms with Gasteiger partial charge in [0.05, 0.1) is 5.69 Å². The zero-order valence-corrected chi connectivity index (χ0v) is 11.6. The quantitative estimate of drug-likeness (QED) is 0.887. The van der Waals surface area contributed by atoms with Gasteiger partial charge in [-0.1, -0.05) is 18.2 Å². The Morgan fingerprint density at radius 2 is 1.79 bits per heavy atom. The Kier molecular flexibility index (Phi) is 3.24. The van der Waals surface area contributed by atoms with Crippen LogP contribution in [-0.2, 0) is 10.2 Å². The molecule has 0 amide bonds. The molecule has 19 heavy (non-hydrogen) atoms. The summed E-state index contributed by atoms with van der Waals surface area (Å²) in [5, 5.41) is 0. The Hall–Kier alpha value is -1.11. The standard InChI is InChI=1S/C13H19N3O2S/c14-12-7-10-16(13-6-2-1-5-11(12)13)19(17,18)15-8-3-4-9-15/h1-2,5-6,12H,3-4,7-10,14H2. The lowest BCUT2D eigenvalue weighted by Crippen LogP contribution is -2.46. The van der Waals surface area contributed by atoms with Crippen LogP contribution in [0.25, 0.3) is 0 Å². The van der Waals surface area contributed by atoms with E-state index in [0.717, 1.165) is 24.1 Å². The Morgan fingerprint density at radius 1 is 1.11 bits per heavy atom. The van der Waals surface area contributed by atoms with E-state index in [2.05, 4.69) is 0 Å². The maximum atomic E-state index is 12.7. The van der Waals surface area contributed by atoms with Crippen molar-refractivity contribution < 1.29 is 8.42 Å². The van der Waals surface area contributed by atoms with E-state index in [1.807, 2.05) is 24.3 Å². The first kappa shape index (κ1) is 12.9. The maximum Gasteiger partial charge on any atom is 0.304 e. The normalized spacial score (nSPS) is 24.5. The molecule has 2 aliphatic rings. The first-order chi connectivity index (χ1) is 9.10. The Bertz CT molecular complexity index is 567. The number of anilines is 1. The van der Waals surface area contributed by atoms with Crippen LogP contribution in [0, 0.1) is 0 Å². The minimum Gasteiger partial charge on any atom is -0.324 e. The highest BCUT2D eigenvalue weighted by atomic mass is 32.2. The van der Waals surface area contributed by atoms with Crippen LogP contribution in [0.4, 0.5) is 5.69 Å². The van der Waals surface area contributed by atoms with Gasteiger partial charge in [0.2, 0.25) is 0 Å². The monoisotopic (exact) mass is 281 g/mol. The van der Waals surface area contributed by atoms with Crippen molar-refractivity contribution in [3.63, 3.8) is 0 Å². The van der Waals surface area contributed by atoms with E-state index in [9.17, 15) is 8.42 Å². The van der Waals surface area contributed by atoms with Gasteiger partial charge in [-0.15, -0.1) is 0 Å². The van der Waals surface area contributed by atoms with Crippen LogP contribution in [0.2, 0.25) is 0 Å². The number of hydrogen-bond acceptors (Lipinski definition) is 3. The van der Waals surface area contributed by atoms with E-state index in [4.69, 9.17) is 5.73 Å². The Balaban J connectivity index is 2.00. The summed E-state index contributed by atoms with van der Waals surface area (Å²) in [5.74, 6) is 0. The van der Waals surface area contributed by atoms with Crippen molar-refractivity contribution in [3.8, 4) is 0 Å². The molecule has 2 aliphatic heterocycles. The average molecular weight is 281 g/mol. The largest absolute Gasteiger partial charge is 0.324 e. The second-order valence-electron chi connectivity index (χ2n) is 5.14. The molecule has 6 heteroatoms. The Labute approximate surface area is 114 Å². The third kappa shape index (κ3) is 2.13. The van der Waals surface area contributed by atoms with Crippen molar-refractivity contribution in [1.29, 1.82) is 0 Å². The summed E-state index contributed by atoms with van der Waals surface area (Å²) in [6, 6.07) is 7.48. The molecule has 3 rings (SSSR count). The SMILES string of the molecule is NC1CCN(S(=O)(=O)N2CCCC2)c2ccccc21. The molecule has 2 heterocycles. The molecular weight excluding hydrogens is 262 g/mol. The van der Waals surface area contributed by atoms with Gasteiger partial charge in [-0.3, -0.25) is 4.31 Å². The molecule has 1 saturated heterocycles. The highest BCUT2D eigenvalue weighted by Crippen LogP contribution is 2.35. The van der Waals surface area contributed by atoms with E-state index in [0.29, 0.717) is 26.1 Å². The summed E-state index contributed by atoms with van der Waals surface area (Å²) in [5.41, 5.74) is 7.74. The summed E-state index contributed by atoms with van der Waals surface area (Å²) in [7, 11) is -3.39. The zero-order chi connectivity index (χ0) is 13.5. The van der Waals surface area contributed by atoms with Crippen LogP contribution >= 0.6 is 0 Å². The molecule has 0 saturated carbocycles. The van der Waals surface area contributed by atoms with Gasteiger partial charge in [0.15, 0.2) is 0 Å². The highest BCUT2D eigenvalue weighted by Gasteiger charge is 2.35. The van der Waals surface area contributed by atoms with Crippen LogP contribution in [0.5, 0.6) is 0 Å². The third-order valence-electron chi connectivity index (χ3n) is 3.92. The molecule has 0 spiro atoms. The van der Waals surface area contributed by atoms with E-state index in [-0.39, 0.29) is 6.04 Å². The third-order valence-corrected chi connectivity index (χ3v) is 5.87. The van der Waals surface area contributed by atoms with Crippen LogP contribution in [0.15, 0.2) is 24.3 Å². The van der Waals surface area contributed by atoms with Crippen molar-refractivity contribution >= 4 is 15.9 Å². The maximum absolute atomic E-state index is 12.7. The number of hydrogen-bond donors (Lipinski definition) is 1. The molecule has 0 aromatic heterocycles. The first-order valence-corrected chi connectivity index (χ1v) is 8.13. The minimum absolute atomic E-state index is 0.0683. The fourth-order valence-corrected chi connectivity index (χ4v) is 4.61. The fraction of sp³-hybridized carbons (Fsp3) is 0.538. The topological polar surface area (TPSA) is 66.6 Å². The predicted octanol–water partition coefficient (Wildman–Crippen LogP) is 1.24. The van der Waals surface area contributed by atoms with Crippen molar-refractivity contribution in [1.82, 2.24) is 4.31 Å². The lowest BCUT2D eigenvalue weighted by atomic mass is 9.99. The Morgan fingerprint density at radius 3 is 2.53 bits per heavy atom. The zero-order valence-electron chi connectivity index (χ0n) is 10.8. The number of nitrogens with zero attached hydrogens (tertiary/aromatic N) is 2. The van der Waals surface area contributed by atoms with E-state index < -0.39 is 10.2 Å². The average Bonchev–Trinajstić information content (AvgIpc) is 2.94. The van der Waals surface area contributed by atoms with Crippen LogP contribution in [0.3, 0.4) is 0 Å². The number of benzene rings is 1. The van der Waals surface area contributed by atoms with Crippen molar-refractivity contribution in [2.75, 3.05) is 23.9 Å². The summed E-state index contributed by atoms with van der Waals surface area (Å²) >= 11 is 0. The molecule has 1 aromatic rings. The summed E-state index contributed by atoms with van der Waals surface area (Å²) in [6.07, 6.45) is 2.58. The van der Waals surface area contributed by atoms with Crippen molar-refractivity contribution in [2.45, 2.75) is 25.3 Å². The van der Waals surface area contributed by atoms with Gasteiger partial charge in [-0.2, -0.15) is 12.7 Å². The highest BCUT2D eigenvalue weighted by molar-refractivity contribution is 7.90. The van der Waals surface area contributed by atoms with Crippen LogP contribution < -0.4 is 10.0 Å². The molecule has 5 nitrogen and oxygen atoms in total. The second kappa shape index (κ2) is 4.77. The minimum atomic E-state index is -3.39. The summed E-state index contributed by atoms with van der Waals surface area (Å²) in [6.45, 7) is 1.73. The molecule has 0 bridgehead atoms. The number of nitrogens with two attached hydrogens (primary N) is 1. The number of rotatable bonds is 2. The van der Waals surface area contributed by atoms with Gasteiger partial charge in [-0.25, -0.2) is 0 Å². The summed E-state index contributed by atoms with van der Waals surface area (Å²) < 4.78 is 28.4. The van der Waals surface area contributed by atoms with Crippen LogP contribution in [-0.4, -0.2) is 32.4 Å². The van der Waals surface area contributed by atoms with E-state index >= 15 is 0 Å². The second-order valence-corrected chi connectivity index (χ2v) is 6.99. The van der Waals surface area contributed by atoms with Crippen LogP contribution in [0.1, 0.15) is 30.9 Å². The van der Waals surface area contributed by atoms with E-state index in [1.54, 1.807) is 4.31 Å². The molecule has 104 valence electrons.